The molecule has 1 heterocycles. The number of nitrogens with one attached hydrogen (secondary N) is 1. The highest BCUT2D eigenvalue weighted by Gasteiger charge is 2.20. The minimum absolute atomic E-state index is 0.343. The fourth-order valence-corrected chi connectivity index (χ4v) is 2.49. The molecule has 1 fully saturated rings. The van der Waals surface area contributed by atoms with E-state index in [-0.39, 0.29) is 0 Å². The summed E-state index contributed by atoms with van der Waals surface area (Å²) >= 11 is 0. The average Bonchev–Trinajstić information content (AvgIpc) is 2.87. The van der Waals surface area contributed by atoms with Crippen molar-refractivity contribution < 1.29 is 9.84 Å². The first-order chi connectivity index (χ1) is 8.74. The third-order valence-electron chi connectivity index (χ3n) is 3.53. The number of aliphatic hydroxyl groups is 1. The maximum Gasteiger partial charge on any atom is 0.0961 e. The van der Waals surface area contributed by atoms with Crippen molar-refractivity contribution in [2.45, 2.75) is 44.8 Å². The lowest BCUT2D eigenvalue weighted by atomic mass is 9.89. The van der Waals surface area contributed by atoms with Gasteiger partial charge in [-0.25, -0.2) is 0 Å². The molecule has 0 aromatic carbocycles. The number of aromatic nitrogens is 1. The number of hydrogen-bond donors (Lipinski definition) is 2. The van der Waals surface area contributed by atoms with Crippen molar-refractivity contribution in [3.63, 3.8) is 0 Å². The van der Waals surface area contributed by atoms with Crippen LogP contribution in [0.2, 0.25) is 0 Å². The van der Waals surface area contributed by atoms with Gasteiger partial charge in [0.15, 0.2) is 0 Å². The highest BCUT2D eigenvalue weighted by atomic mass is 16.5. The van der Waals surface area contributed by atoms with Crippen molar-refractivity contribution in [1.29, 1.82) is 0 Å². The van der Waals surface area contributed by atoms with Gasteiger partial charge in [-0.05, 0) is 30.9 Å². The van der Waals surface area contributed by atoms with Crippen molar-refractivity contribution in [2.75, 3.05) is 18.6 Å². The first-order valence-electron chi connectivity index (χ1n) is 6.90. The van der Waals surface area contributed by atoms with Crippen LogP contribution < -0.4 is 5.43 Å². The number of hydrogen-bond acceptors (Lipinski definition) is 3. The van der Waals surface area contributed by atoms with Gasteiger partial charge in [-0.15, -0.1) is 0 Å². The molecule has 2 N–H and O–H groups in total. The molecule has 1 aliphatic carbocycles. The van der Waals surface area contributed by atoms with Gasteiger partial charge < -0.3 is 15.3 Å². The minimum Gasteiger partial charge on any atom is -0.389 e. The summed E-state index contributed by atoms with van der Waals surface area (Å²) in [5.74, 6) is 0.763. The molecule has 1 aromatic heterocycles. The minimum atomic E-state index is -0.454. The second-order valence-electron chi connectivity index (χ2n) is 5.33. The lowest BCUT2D eigenvalue weighted by Gasteiger charge is -2.27. The fraction of sp³-hybridized carbons (Fsp3) is 0.714. The number of aliphatic hydroxyl groups excluding tert-OH is 1. The summed E-state index contributed by atoms with van der Waals surface area (Å²) in [6.45, 7) is 3.21. The topological polar surface area (TPSA) is 46.4 Å². The number of nitrogens with zero attached hydrogens (tertiary/aromatic N) is 1. The summed E-state index contributed by atoms with van der Waals surface area (Å²) in [5.41, 5.74) is 3.11. The van der Waals surface area contributed by atoms with Crippen LogP contribution in [0.15, 0.2) is 24.5 Å². The van der Waals surface area contributed by atoms with Crippen LogP contribution in [-0.4, -0.2) is 35.1 Å². The molecule has 1 aromatic rings. The molecule has 0 saturated heterocycles. The van der Waals surface area contributed by atoms with E-state index in [0.29, 0.717) is 19.3 Å². The van der Waals surface area contributed by atoms with E-state index in [4.69, 9.17) is 4.74 Å². The normalized spacial score (nSPS) is 25.9. The van der Waals surface area contributed by atoms with E-state index in [1.165, 1.54) is 12.8 Å². The smallest absolute Gasteiger partial charge is 0.0961 e. The summed E-state index contributed by atoms with van der Waals surface area (Å²) in [7, 11) is 0. The quantitative estimate of drug-likeness (QED) is 0.814. The lowest BCUT2D eigenvalue weighted by molar-refractivity contribution is -0.0280. The molecule has 102 valence electrons. The molecule has 4 heteroatoms. The van der Waals surface area contributed by atoms with Crippen LogP contribution in [0, 0.1) is 5.92 Å². The monoisotopic (exact) mass is 252 g/mol. The molecule has 18 heavy (non-hydrogen) atoms. The van der Waals surface area contributed by atoms with Crippen LogP contribution >= 0.6 is 0 Å². The number of rotatable bonds is 6. The molecule has 0 amide bonds. The van der Waals surface area contributed by atoms with E-state index in [1.54, 1.807) is 0 Å². The van der Waals surface area contributed by atoms with E-state index in [1.807, 2.05) is 29.2 Å². The molecule has 0 bridgehead atoms. The van der Waals surface area contributed by atoms with Gasteiger partial charge in [-0.1, -0.05) is 19.8 Å². The van der Waals surface area contributed by atoms with Gasteiger partial charge in [0.2, 0.25) is 0 Å². The highest BCUT2D eigenvalue weighted by Crippen LogP contribution is 2.25. The maximum absolute atomic E-state index is 9.84. The molecule has 1 saturated carbocycles. The Morgan fingerprint density at radius 1 is 1.39 bits per heavy atom. The zero-order valence-electron chi connectivity index (χ0n) is 11.1. The second-order valence-corrected chi connectivity index (χ2v) is 5.33. The second kappa shape index (κ2) is 6.81. The largest absolute Gasteiger partial charge is 0.389 e. The van der Waals surface area contributed by atoms with Crippen molar-refractivity contribution in [3.8, 4) is 0 Å². The lowest BCUT2D eigenvalue weighted by Crippen LogP contribution is -2.32. The van der Waals surface area contributed by atoms with Crippen molar-refractivity contribution in [1.82, 2.24) is 4.68 Å². The first-order valence-corrected chi connectivity index (χ1v) is 6.90. The summed E-state index contributed by atoms with van der Waals surface area (Å²) in [5, 5.41) is 9.84. The summed E-state index contributed by atoms with van der Waals surface area (Å²) in [6.07, 6.45) is 8.56. The van der Waals surface area contributed by atoms with Crippen LogP contribution in [0.3, 0.4) is 0 Å². The molecular formula is C14H24N2O2. The van der Waals surface area contributed by atoms with Crippen molar-refractivity contribution in [3.05, 3.63) is 24.5 Å². The van der Waals surface area contributed by atoms with Gasteiger partial charge in [0.05, 0.1) is 25.4 Å². The Balaban J connectivity index is 1.60. The SMILES string of the molecule is CC1CCCC(OCC(O)CNn2cccc2)C1. The van der Waals surface area contributed by atoms with Crippen LogP contribution in [0.1, 0.15) is 32.6 Å². The summed E-state index contributed by atoms with van der Waals surface area (Å²) in [4.78, 5) is 0. The van der Waals surface area contributed by atoms with Crippen molar-refractivity contribution in [2.24, 2.45) is 5.92 Å². The van der Waals surface area contributed by atoms with E-state index in [0.717, 1.165) is 18.8 Å². The Morgan fingerprint density at radius 2 is 2.17 bits per heavy atom. The molecule has 0 spiro atoms. The fourth-order valence-electron chi connectivity index (χ4n) is 2.49. The predicted molar refractivity (Wildman–Crippen MR) is 72.0 cm³/mol. The molecule has 4 nitrogen and oxygen atoms in total. The Kier molecular flexibility index (Phi) is 5.08. The van der Waals surface area contributed by atoms with Crippen LogP contribution in [0.25, 0.3) is 0 Å². The Morgan fingerprint density at radius 3 is 2.89 bits per heavy atom. The molecule has 0 aliphatic heterocycles. The van der Waals surface area contributed by atoms with Crippen LogP contribution in [0.5, 0.6) is 0 Å². The third-order valence-corrected chi connectivity index (χ3v) is 3.53. The number of ether oxygens (including phenoxy) is 1. The Hall–Kier alpha value is -1.00. The average molecular weight is 252 g/mol. The molecule has 1 aliphatic rings. The van der Waals surface area contributed by atoms with Crippen LogP contribution in [-0.2, 0) is 4.74 Å². The zero-order chi connectivity index (χ0) is 12.8. The molecule has 2 rings (SSSR count). The van der Waals surface area contributed by atoms with Gasteiger partial charge in [-0.2, -0.15) is 0 Å². The highest BCUT2D eigenvalue weighted by molar-refractivity contribution is 4.93. The standard InChI is InChI=1S/C14H24N2O2/c1-12-5-4-6-14(9-12)18-11-13(17)10-15-16-7-2-3-8-16/h2-3,7-8,12-15,17H,4-6,9-11H2,1H3. The maximum atomic E-state index is 9.84. The van der Waals surface area contributed by atoms with Gasteiger partial charge in [0.1, 0.15) is 0 Å². The molecule has 3 unspecified atom stereocenters. The van der Waals surface area contributed by atoms with Gasteiger partial charge in [0.25, 0.3) is 0 Å². The van der Waals surface area contributed by atoms with Crippen molar-refractivity contribution >= 4 is 0 Å². The van der Waals surface area contributed by atoms with E-state index < -0.39 is 6.10 Å². The molecule has 3 atom stereocenters. The summed E-state index contributed by atoms with van der Waals surface area (Å²) in [6, 6.07) is 3.89. The third kappa shape index (κ3) is 4.35. The van der Waals surface area contributed by atoms with Crippen LogP contribution in [0.4, 0.5) is 0 Å². The molecular weight excluding hydrogens is 228 g/mol. The van der Waals surface area contributed by atoms with Gasteiger partial charge in [-0.3, -0.25) is 4.68 Å². The first kappa shape index (κ1) is 13.4. The Labute approximate surface area is 109 Å². The van der Waals surface area contributed by atoms with Gasteiger partial charge in [0, 0.05) is 12.4 Å². The van der Waals surface area contributed by atoms with E-state index >= 15 is 0 Å². The van der Waals surface area contributed by atoms with Gasteiger partial charge >= 0.3 is 0 Å². The zero-order valence-corrected chi connectivity index (χ0v) is 11.1. The van der Waals surface area contributed by atoms with E-state index in [9.17, 15) is 5.11 Å². The predicted octanol–water partition coefficient (Wildman–Crippen LogP) is 1.99. The molecule has 0 radical (unpaired) electrons. The summed E-state index contributed by atoms with van der Waals surface area (Å²) < 4.78 is 7.62. The Bertz CT molecular complexity index is 327. The van der Waals surface area contributed by atoms with E-state index in [2.05, 4.69) is 12.3 Å².